The Labute approximate surface area is 118 Å². The van der Waals surface area contributed by atoms with Crippen molar-refractivity contribution in [3.8, 4) is 0 Å². The molecular weight excluding hydrogens is 258 g/mol. The number of aryl methyl sites for hydroxylation is 1. The first kappa shape index (κ1) is 13.4. The van der Waals surface area contributed by atoms with Gasteiger partial charge < -0.3 is 19.8 Å². The van der Waals surface area contributed by atoms with E-state index in [4.69, 9.17) is 15.2 Å². The van der Waals surface area contributed by atoms with Gasteiger partial charge >= 0.3 is 5.97 Å². The number of nitrogens with zero attached hydrogens (tertiary/aromatic N) is 2. The fourth-order valence-corrected chi connectivity index (χ4v) is 3.35. The van der Waals surface area contributed by atoms with Crippen LogP contribution in [0, 0.1) is 0 Å². The summed E-state index contributed by atoms with van der Waals surface area (Å²) in [7, 11) is 0. The van der Waals surface area contributed by atoms with Gasteiger partial charge in [-0.1, -0.05) is 6.92 Å². The van der Waals surface area contributed by atoms with Crippen LogP contribution in [0.15, 0.2) is 0 Å². The number of ether oxygens (including phenoxy) is 2. The van der Waals surface area contributed by atoms with Crippen molar-refractivity contribution < 1.29 is 14.3 Å². The van der Waals surface area contributed by atoms with Crippen molar-refractivity contribution in [1.82, 2.24) is 9.55 Å². The molecule has 0 saturated carbocycles. The lowest BCUT2D eigenvalue weighted by Crippen LogP contribution is -2.24. The van der Waals surface area contributed by atoms with Gasteiger partial charge in [-0.05, 0) is 26.2 Å². The second-order valence-electron chi connectivity index (χ2n) is 5.38. The number of hydrogen-bond acceptors (Lipinski definition) is 5. The summed E-state index contributed by atoms with van der Waals surface area (Å²) in [4.78, 5) is 16.3. The van der Waals surface area contributed by atoms with E-state index in [0.29, 0.717) is 18.5 Å². The van der Waals surface area contributed by atoms with Crippen LogP contribution in [0.4, 0.5) is 5.82 Å². The van der Waals surface area contributed by atoms with Gasteiger partial charge in [0.2, 0.25) is 0 Å². The van der Waals surface area contributed by atoms with Crippen LogP contribution in [-0.2, 0) is 15.9 Å². The predicted molar refractivity (Wildman–Crippen MR) is 73.5 cm³/mol. The number of anilines is 1. The molecule has 0 amide bonds. The van der Waals surface area contributed by atoms with Crippen LogP contribution in [0.3, 0.4) is 0 Å². The molecule has 3 atom stereocenters. The van der Waals surface area contributed by atoms with Crippen LogP contribution in [0.25, 0.3) is 0 Å². The molecule has 2 aliphatic rings. The molecule has 0 radical (unpaired) electrons. The molecular formula is C14H21N3O3. The molecule has 6 nitrogen and oxygen atoms in total. The summed E-state index contributed by atoms with van der Waals surface area (Å²) in [6.07, 6.45) is 4.42. The second kappa shape index (κ2) is 5.09. The third kappa shape index (κ3) is 1.98. The monoisotopic (exact) mass is 279 g/mol. The summed E-state index contributed by atoms with van der Waals surface area (Å²) in [6.45, 7) is 4.11. The number of imidazole rings is 1. The van der Waals surface area contributed by atoms with Crippen LogP contribution < -0.4 is 5.73 Å². The highest BCUT2D eigenvalue weighted by Crippen LogP contribution is 2.43. The van der Waals surface area contributed by atoms with E-state index in [-0.39, 0.29) is 17.8 Å². The van der Waals surface area contributed by atoms with Gasteiger partial charge in [0.25, 0.3) is 0 Å². The Morgan fingerprint density at radius 1 is 1.50 bits per heavy atom. The molecule has 3 unspecified atom stereocenters. The zero-order valence-electron chi connectivity index (χ0n) is 12.0. The SMILES string of the molecule is CCOC(=O)c1nc(CC)n(C2CC3CCC2O3)c1N. The van der Waals surface area contributed by atoms with Crippen LogP contribution in [0.2, 0.25) is 0 Å². The van der Waals surface area contributed by atoms with Gasteiger partial charge in [-0.2, -0.15) is 0 Å². The standard InChI is InChI=1S/C14H21N3O3/c1-3-11-16-12(14(18)19-4-2)13(15)17(11)9-7-8-5-6-10(9)20-8/h8-10H,3-7,15H2,1-2H3. The number of nitrogen functional groups attached to an aromatic ring is 1. The number of hydrogen-bond donors (Lipinski definition) is 1. The number of carbonyl (C=O) groups excluding carboxylic acids is 1. The Morgan fingerprint density at radius 2 is 2.30 bits per heavy atom. The van der Waals surface area contributed by atoms with E-state index in [2.05, 4.69) is 4.98 Å². The lowest BCUT2D eigenvalue weighted by atomic mass is 9.95. The minimum atomic E-state index is -0.442. The number of nitrogens with two attached hydrogens (primary N) is 1. The summed E-state index contributed by atoms with van der Waals surface area (Å²) < 4.78 is 12.9. The number of rotatable bonds is 4. The van der Waals surface area contributed by atoms with Crippen LogP contribution in [0.5, 0.6) is 0 Å². The Balaban J connectivity index is 1.95. The number of fused-ring (bicyclic) bond motifs is 2. The molecule has 20 heavy (non-hydrogen) atoms. The first-order chi connectivity index (χ1) is 9.65. The van der Waals surface area contributed by atoms with Crippen molar-refractivity contribution >= 4 is 11.8 Å². The smallest absolute Gasteiger partial charge is 0.360 e. The summed E-state index contributed by atoms with van der Waals surface area (Å²) >= 11 is 0. The summed E-state index contributed by atoms with van der Waals surface area (Å²) in [5, 5.41) is 0. The highest BCUT2D eigenvalue weighted by molar-refractivity contribution is 5.92. The van der Waals surface area contributed by atoms with Gasteiger partial charge in [-0.3, -0.25) is 0 Å². The molecule has 110 valence electrons. The fraction of sp³-hybridized carbons (Fsp3) is 0.714. The van der Waals surface area contributed by atoms with Crippen LogP contribution >= 0.6 is 0 Å². The maximum atomic E-state index is 11.9. The zero-order valence-corrected chi connectivity index (χ0v) is 12.0. The van der Waals surface area contributed by atoms with Gasteiger partial charge in [0, 0.05) is 6.42 Å². The third-order valence-electron chi connectivity index (χ3n) is 4.21. The van der Waals surface area contributed by atoms with Crippen LogP contribution in [-0.4, -0.2) is 34.3 Å². The quantitative estimate of drug-likeness (QED) is 0.848. The molecule has 2 saturated heterocycles. The van der Waals surface area contributed by atoms with Gasteiger partial charge in [0.1, 0.15) is 11.6 Å². The van der Waals surface area contributed by atoms with E-state index in [9.17, 15) is 4.79 Å². The molecule has 3 rings (SSSR count). The van der Waals surface area contributed by atoms with E-state index >= 15 is 0 Å². The number of carbonyl (C=O) groups is 1. The average Bonchev–Trinajstić information content (AvgIpc) is 3.11. The first-order valence-electron chi connectivity index (χ1n) is 7.34. The van der Waals surface area contributed by atoms with Crippen molar-refractivity contribution in [3.63, 3.8) is 0 Å². The van der Waals surface area contributed by atoms with Crippen molar-refractivity contribution in [3.05, 3.63) is 11.5 Å². The molecule has 1 aromatic rings. The Morgan fingerprint density at radius 3 is 2.85 bits per heavy atom. The minimum Gasteiger partial charge on any atom is -0.461 e. The molecule has 1 aromatic heterocycles. The Hall–Kier alpha value is -1.56. The largest absolute Gasteiger partial charge is 0.461 e. The lowest BCUT2D eigenvalue weighted by Gasteiger charge is -2.23. The minimum absolute atomic E-state index is 0.205. The van der Waals surface area contributed by atoms with Gasteiger partial charge in [-0.25, -0.2) is 9.78 Å². The third-order valence-corrected chi connectivity index (χ3v) is 4.21. The molecule has 3 heterocycles. The van der Waals surface area contributed by atoms with E-state index in [1.54, 1.807) is 6.92 Å². The highest BCUT2D eigenvalue weighted by Gasteiger charge is 2.43. The molecule has 2 bridgehead atoms. The second-order valence-corrected chi connectivity index (χ2v) is 5.38. The zero-order chi connectivity index (χ0) is 14.3. The van der Waals surface area contributed by atoms with E-state index < -0.39 is 5.97 Å². The predicted octanol–water partition coefficient (Wildman–Crippen LogP) is 1.70. The van der Waals surface area contributed by atoms with Crippen molar-refractivity contribution in [2.75, 3.05) is 12.3 Å². The summed E-state index contributed by atoms with van der Waals surface area (Å²) in [5.74, 6) is 0.815. The maximum Gasteiger partial charge on any atom is 0.360 e. The Kier molecular flexibility index (Phi) is 3.41. The van der Waals surface area contributed by atoms with E-state index in [0.717, 1.165) is 31.5 Å². The molecule has 0 aromatic carbocycles. The topological polar surface area (TPSA) is 79.4 Å². The lowest BCUT2D eigenvalue weighted by molar-refractivity contribution is 0.0521. The normalized spacial score (nSPS) is 28.0. The van der Waals surface area contributed by atoms with Crippen molar-refractivity contribution in [2.45, 2.75) is 57.8 Å². The molecule has 6 heteroatoms. The van der Waals surface area contributed by atoms with E-state index in [1.165, 1.54) is 0 Å². The van der Waals surface area contributed by atoms with Crippen LogP contribution in [0.1, 0.15) is 55.5 Å². The molecule has 2 aliphatic heterocycles. The highest BCUT2D eigenvalue weighted by atomic mass is 16.5. The molecule has 2 fully saturated rings. The van der Waals surface area contributed by atoms with E-state index in [1.807, 2.05) is 11.5 Å². The van der Waals surface area contributed by atoms with Crippen molar-refractivity contribution in [1.29, 1.82) is 0 Å². The first-order valence-corrected chi connectivity index (χ1v) is 7.34. The van der Waals surface area contributed by atoms with Gasteiger partial charge in [0.05, 0.1) is 24.9 Å². The van der Waals surface area contributed by atoms with Crippen molar-refractivity contribution in [2.24, 2.45) is 0 Å². The Bertz CT molecular complexity index is 526. The summed E-state index contributed by atoms with van der Waals surface area (Å²) in [5.41, 5.74) is 6.41. The maximum absolute atomic E-state index is 11.9. The van der Waals surface area contributed by atoms with Gasteiger partial charge in [-0.15, -0.1) is 0 Å². The fourth-order valence-electron chi connectivity index (χ4n) is 3.35. The molecule has 2 N–H and O–H groups in total. The molecule has 0 aliphatic carbocycles. The number of aromatic nitrogens is 2. The number of esters is 1. The molecule has 0 spiro atoms. The summed E-state index contributed by atoms with van der Waals surface area (Å²) in [6, 6.07) is 0.208. The van der Waals surface area contributed by atoms with Gasteiger partial charge in [0.15, 0.2) is 5.69 Å². The average molecular weight is 279 g/mol.